The summed E-state index contributed by atoms with van der Waals surface area (Å²) < 4.78 is 5.30. The van der Waals surface area contributed by atoms with Gasteiger partial charge in [0, 0.05) is 18.5 Å². The number of aromatic nitrogens is 1. The summed E-state index contributed by atoms with van der Waals surface area (Å²) in [6, 6.07) is 8.21. The average Bonchev–Trinajstić information content (AvgIpc) is 2.68. The summed E-state index contributed by atoms with van der Waals surface area (Å²) in [5, 5.41) is 0. The van der Waals surface area contributed by atoms with Gasteiger partial charge in [0.25, 0.3) is 0 Å². The highest BCUT2D eigenvalue weighted by Gasteiger charge is 2.04. The van der Waals surface area contributed by atoms with Crippen molar-refractivity contribution in [1.29, 1.82) is 0 Å². The summed E-state index contributed by atoms with van der Waals surface area (Å²) in [5.74, 6) is 0.702. The van der Waals surface area contributed by atoms with Crippen LogP contribution >= 0.6 is 0 Å². The Bertz CT molecular complexity index is 431. The molecule has 0 fully saturated rings. The maximum Gasteiger partial charge on any atom is 0.195 e. The van der Waals surface area contributed by atoms with Crippen molar-refractivity contribution < 1.29 is 4.42 Å². The molecule has 0 spiro atoms. The fourth-order valence-corrected chi connectivity index (χ4v) is 1.41. The van der Waals surface area contributed by atoms with E-state index >= 15 is 0 Å². The molecule has 15 heavy (non-hydrogen) atoms. The van der Waals surface area contributed by atoms with Crippen LogP contribution in [0.4, 0.5) is 0 Å². The molecule has 2 rings (SSSR count). The second-order valence-electron chi connectivity index (χ2n) is 3.53. The first-order chi connectivity index (χ1) is 7.29. The molecule has 0 atom stereocenters. The van der Waals surface area contributed by atoms with Gasteiger partial charge in [-0.25, -0.2) is 4.98 Å². The van der Waals surface area contributed by atoms with Gasteiger partial charge in [0.1, 0.15) is 12.0 Å². The molecule has 0 unspecified atom stereocenters. The lowest BCUT2D eigenvalue weighted by molar-refractivity contribution is 0.496. The van der Waals surface area contributed by atoms with E-state index in [2.05, 4.69) is 24.0 Å². The number of aryl methyl sites for hydroxylation is 1. The van der Waals surface area contributed by atoms with Crippen molar-refractivity contribution in [2.24, 2.45) is 5.73 Å². The second kappa shape index (κ2) is 4.28. The Hall–Kier alpha value is -1.61. The topological polar surface area (TPSA) is 52.0 Å². The summed E-state index contributed by atoms with van der Waals surface area (Å²) in [7, 11) is 0. The molecule has 0 saturated heterocycles. The molecule has 0 aliphatic carbocycles. The third kappa shape index (κ3) is 2.25. The van der Waals surface area contributed by atoms with Crippen LogP contribution in [0.3, 0.4) is 0 Å². The van der Waals surface area contributed by atoms with E-state index in [1.807, 2.05) is 12.1 Å². The molecule has 0 saturated carbocycles. The second-order valence-corrected chi connectivity index (χ2v) is 3.53. The van der Waals surface area contributed by atoms with Crippen LogP contribution in [0.15, 0.2) is 34.9 Å². The van der Waals surface area contributed by atoms with E-state index in [1.165, 1.54) is 5.56 Å². The van der Waals surface area contributed by atoms with Crippen molar-refractivity contribution in [1.82, 2.24) is 4.98 Å². The largest absolute Gasteiger partial charge is 0.448 e. The summed E-state index contributed by atoms with van der Waals surface area (Å²) in [5.41, 5.74) is 8.62. The van der Waals surface area contributed by atoms with E-state index in [0.717, 1.165) is 11.3 Å². The van der Waals surface area contributed by atoms with Crippen molar-refractivity contribution in [3.63, 3.8) is 0 Å². The maximum atomic E-state index is 5.43. The molecule has 1 heterocycles. The minimum absolute atomic E-state index is 0.563. The fraction of sp³-hybridized carbons (Fsp3) is 0.250. The molecule has 3 heteroatoms. The lowest BCUT2D eigenvalue weighted by Crippen LogP contribution is -2.02. The molecule has 1 aromatic carbocycles. The number of oxazole rings is 1. The van der Waals surface area contributed by atoms with Gasteiger partial charge in [0.2, 0.25) is 0 Å². The van der Waals surface area contributed by atoms with Gasteiger partial charge in [-0.15, -0.1) is 0 Å². The van der Waals surface area contributed by atoms with Crippen LogP contribution in [0.25, 0.3) is 11.3 Å². The van der Waals surface area contributed by atoms with Gasteiger partial charge in [-0.1, -0.05) is 29.8 Å². The highest BCUT2D eigenvalue weighted by Crippen LogP contribution is 2.18. The van der Waals surface area contributed by atoms with Crippen LogP contribution in [0.5, 0.6) is 0 Å². The van der Waals surface area contributed by atoms with Gasteiger partial charge in [-0.05, 0) is 6.92 Å². The van der Waals surface area contributed by atoms with E-state index in [1.54, 1.807) is 6.26 Å². The Morgan fingerprint density at radius 2 is 2.00 bits per heavy atom. The Kier molecular flexibility index (Phi) is 2.83. The number of hydrogen-bond donors (Lipinski definition) is 1. The molecule has 1 aromatic heterocycles. The standard InChI is InChI=1S/C12H14N2O/c1-9-2-4-10(5-3-9)11-8-15-12(14-11)6-7-13/h2-5,8H,6-7,13H2,1H3. The lowest BCUT2D eigenvalue weighted by atomic mass is 10.1. The monoisotopic (exact) mass is 202 g/mol. The Balaban J connectivity index is 2.25. The zero-order chi connectivity index (χ0) is 10.7. The van der Waals surface area contributed by atoms with Gasteiger partial charge < -0.3 is 10.2 Å². The zero-order valence-corrected chi connectivity index (χ0v) is 8.73. The van der Waals surface area contributed by atoms with Crippen LogP contribution in [-0.2, 0) is 6.42 Å². The SMILES string of the molecule is Cc1ccc(-c2coc(CCN)n2)cc1. The molecule has 2 aromatic rings. The summed E-state index contributed by atoms with van der Waals surface area (Å²) >= 11 is 0. The smallest absolute Gasteiger partial charge is 0.195 e. The Morgan fingerprint density at radius 3 is 2.67 bits per heavy atom. The van der Waals surface area contributed by atoms with E-state index in [9.17, 15) is 0 Å². The van der Waals surface area contributed by atoms with Crippen molar-refractivity contribution in [2.75, 3.05) is 6.54 Å². The zero-order valence-electron chi connectivity index (χ0n) is 8.73. The van der Waals surface area contributed by atoms with Gasteiger partial charge in [-0.3, -0.25) is 0 Å². The number of hydrogen-bond acceptors (Lipinski definition) is 3. The third-order valence-electron chi connectivity index (χ3n) is 2.26. The molecule has 0 bridgehead atoms. The molecular formula is C12H14N2O. The highest BCUT2D eigenvalue weighted by molar-refractivity contribution is 5.58. The van der Waals surface area contributed by atoms with E-state index in [4.69, 9.17) is 10.2 Å². The molecule has 0 radical (unpaired) electrons. The third-order valence-corrected chi connectivity index (χ3v) is 2.26. The van der Waals surface area contributed by atoms with Gasteiger partial charge in [0.05, 0.1) is 0 Å². The summed E-state index contributed by atoms with van der Waals surface area (Å²) in [4.78, 5) is 4.35. The van der Waals surface area contributed by atoms with Crippen molar-refractivity contribution in [3.8, 4) is 11.3 Å². The lowest BCUT2D eigenvalue weighted by Gasteiger charge is -1.95. The number of benzene rings is 1. The van der Waals surface area contributed by atoms with Crippen LogP contribution < -0.4 is 5.73 Å². The molecule has 0 amide bonds. The van der Waals surface area contributed by atoms with Crippen molar-refractivity contribution in [3.05, 3.63) is 42.0 Å². The molecule has 0 aliphatic heterocycles. The van der Waals surface area contributed by atoms with Crippen LogP contribution in [0.1, 0.15) is 11.5 Å². The van der Waals surface area contributed by atoms with E-state index < -0.39 is 0 Å². The summed E-state index contributed by atoms with van der Waals surface area (Å²) in [6.45, 7) is 2.63. The molecule has 2 N–H and O–H groups in total. The van der Waals surface area contributed by atoms with Crippen molar-refractivity contribution in [2.45, 2.75) is 13.3 Å². The first kappa shape index (κ1) is 9.93. The normalized spacial score (nSPS) is 10.5. The van der Waals surface area contributed by atoms with E-state index in [0.29, 0.717) is 18.9 Å². The van der Waals surface area contributed by atoms with E-state index in [-0.39, 0.29) is 0 Å². The van der Waals surface area contributed by atoms with Gasteiger partial charge in [0.15, 0.2) is 5.89 Å². The summed E-state index contributed by atoms with van der Waals surface area (Å²) in [6.07, 6.45) is 2.36. The van der Waals surface area contributed by atoms with Gasteiger partial charge in [-0.2, -0.15) is 0 Å². The first-order valence-corrected chi connectivity index (χ1v) is 5.01. The molecule has 78 valence electrons. The fourth-order valence-electron chi connectivity index (χ4n) is 1.41. The Labute approximate surface area is 88.9 Å². The minimum atomic E-state index is 0.563. The van der Waals surface area contributed by atoms with Crippen LogP contribution in [-0.4, -0.2) is 11.5 Å². The molecular weight excluding hydrogens is 188 g/mol. The predicted molar refractivity (Wildman–Crippen MR) is 59.4 cm³/mol. The number of rotatable bonds is 3. The minimum Gasteiger partial charge on any atom is -0.448 e. The molecule has 0 aliphatic rings. The number of nitrogens with zero attached hydrogens (tertiary/aromatic N) is 1. The predicted octanol–water partition coefficient (Wildman–Crippen LogP) is 2.15. The highest BCUT2D eigenvalue weighted by atomic mass is 16.3. The Morgan fingerprint density at radius 1 is 1.27 bits per heavy atom. The molecule has 3 nitrogen and oxygen atoms in total. The van der Waals surface area contributed by atoms with Crippen LogP contribution in [0.2, 0.25) is 0 Å². The quantitative estimate of drug-likeness (QED) is 0.829. The first-order valence-electron chi connectivity index (χ1n) is 5.01. The van der Waals surface area contributed by atoms with Crippen LogP contribution in [0, 0.1) is 6.92 Å². The van der Waals surface area contributed by atoms with Gasteiger partial charge >= 0.3 is 0 Å². The number of nitrogens with two attached hydrogens (primary N) is 1. The maximum absolute atomic E-state index is 5.43. The average molecular weight is 202 g/mol. The van der Waals surface area contributed by atoms with Crippen molar-refractivity contribution >= 4 is 0 Å².